The van der Waals surface area contributed by atoms with Crippen LogP contribution in [0.25, 0.3) is 0 Å². The van der Waals surface area contributed by atoms with Gasteiger partial charge in [0, 0.05) is 0 Å². The second kappa shape index (κ2) is 11.0. The molecule has 4 nitrogen and oxygen atoms in total. The van der Waals surface area contributed by atoms with Crippen LogP contribution >= 0.6 is 0 Å². The number of hydrogen-bond acceptors (Lipinski definition) is 4. The van der Waals surface area contributed by atoms with Crippen LogP contribution < -0.4 is 9.47 Å². The van der Waals surface area contributed by atoms with E-state index in [1.807, 2.05) is 0 Å². The van der Waals surface area contributed by atoms with Crippen molar-refractivity contribution in [1.82, 2.24) is 0 Å². The molecule has 0 aromatic heterocycles. The summed E-state index contributed by atoms with van der Waals surface area (Å²) in [6, 6.07) is 13.2. The Bertz CT molecular complexity index is 703. The summed E-state index contributed by atoms with van der Waals surface area (Å²) in [6.45, 7) is 5.59. The molecular formula is C22H30O4S. The average molecular weight is 391 g/mol. The molecule has 0 aliphatic carbocycles. The molecule has 148 valence electrons. The summed E-state index contributed by atoms with van der Waals surface area (Å²) in [6.07, 6.45) is 6.55. The number of benzene rings is 2. The van der Waals surface area contributed by atoms with Crippen molar-refractivity contribution < 1.29 is 17.9 Å². The van der Waals surface area contributed by atoms with Gasteiger partial charge in [0.15, 0.2) is 0 Å². The maximum absolute atomic E-state index is 12.8. The fraction of sp³-hybridized carbons (Fsp3) is 0.455. The predicted molar refractivity (Wildman–Crippen MR) is 108 cm³/mol. The molecule has 2 rings (SSSR count). The van der Waals surface area contributed by atoms with Crippen molar-refractivity contribution in [3.05, 3.63) is 48.5 Å². The summed E-state index contributed by atoms with van der Waals surface area (Å²) >= 11 is 0. The number of hydrogen-bond donors (Lipinski definition) is 0. The molecule has 0 unspecified atom stereocenters. The standard InChI is InChI=1S/C22H30O4S/c1-3-5-7-17-25-19-9-13-21(14-10-19)27(23,24)22-15-11-20(12-16-22)26-18-8-6-4-2/h9-16H,3-8,17-18H2,1-2H3. The van der Waals surface area contributed by atoms with Gasteiger partial charge in [0.25, 0.3) is 0 Å². The molecule has 0 radical (unpaired) electrons. The van der Waals surface area contributed by atoms with E-state index in [0.29, 0.717) is 24.7 Å². The van der Waals surface area contributed by atoms with Crippen molar-refractivity contribution in [3.63, 3.8) is 0 Å². The third-order valence-corrected chi connectivity index (χ3v) is 6.09. The summed E-state index contributed by atoms with van der Waals surface area (Å²) in [4.78, 5) is 0.528. The normalized spacial score (nSPS) is 11.3. The first-order valence-corrected chi connectivity index (χ1v) is 11.3. The van der Waals surface area contributed by atoms with Crippen LogP contribution in [0, 0.1) is 0 Å². The minimum absolute atomic E-state index is 0.264. The van der Waals surface area contributed by atoms with E-state index in [0.717, 1.165) is 38.5 Å². The van der Waals surface area contributed by atoms with Crippen LogP contribution in [-0.2, 0) is 9.84 Å². The van der Waals surface area contributed by atoms with E-state index in [1.165, 1.54) is 0 Å². The fourth-order valence-corrected chi connectivity index (χ4v) is 3.91. The molecule has 0 aliphatic heterocycles. The van der Waals surface area contributed by atoms with Crippen molar-refractivity contribution in [3.8, 4) is 11.5 Å². The summed E-state index contributed by atoms with van der Waals surface area (Å²) < 4.78 is 36.8. The molecule has 0 fully saturated rings. The van der Waals surface area contributed by atoms with E-state index >= 15 is 0 Å². The second-order valence-electron chi connectivity index (χ2n) is 6.56. The Kier molecular flexibility index (Phi) is 8.65. The fourth-order valence-electron chi connectivity index (χ4n) is 2.65. The largest absolute Gasteiger partial charge is 0.494 e. The second-order valence-corrected chi connectivity index (χ2v) is 8.51. The molecule has 2 aromatic carbocycles. The smallest absolute Gasteiger partial charge is 0.206 e. The summed E-state index contributed by atoms with van der Waals surface area (Å²) in [7, 11) is -3.54. The van der Waals surface area contributed by atoms with E-state index in [2.05, 4.69) is 13.8 Å². The topological polar surface area (TPSA) is 52.6 Å². The highest BCUT2D eigenvalue weighted by atomic mass is 32.2. The minimum Gasteiger partial charge on any atom is -0.494 e. The molecule has 5 heteroatoms. The number of unbranched alkanes of at least 4 members (excludes halogenated alkanes) is 4. The van der Waals surface area contributed by atoms with E-state index in [1.54, 1.807) is 48.5 Å². The molecule has 0 saturated carbocycles. The van der Waals surface area contributed by atoms with Gasteiger partial charge in [0.1, 0.15) is 11.5 Å². The summed E-state index contributed by atoms with van der Waals surface area (Å²) in [5.41, 5.74) is 0. The van der Waals surface area contributed by atoms with Crippen LogP contribution in [0.3, 0.4) is 0 Å². The van der Waals surface area contributed by atoms with Crippen molar-refractivity contribution in [2.75, 3.05) is 13.2 Å². The van der Waals surface area contributed by atoms with Gasteiger partial charge in [-0.1, -0.05) is 39.5 Å². The van der Waals surface area contributed by atoms with Crippen LogP contribution in [0.1, 0.15) is 52.4 Å². The number of ether oxygens (including phenoxy) is 2. The minimum atomic E-state index is -3.54. The van der Waals surface area contributed by atoms with Gasteiger partial charge in [0.05, 0.1) is 23.0 Å². The SMILES string of the molecule is CCCCCOc1ccc(S(=O)(=O)c2ccc(OCCCCC)cc2)cc1. The maximum Gasteiger partial charge on any atom is 0.206 e. The third-order valence-electron chi connectivity index (χ3n) is 4.30. The molecule has 0 heterocycles. The zero-order chi connectivity index (χ0) is 19.5. The molecule has 0 spiro atoms. The molecule has 0 bridgehead atoms. The Balaban J connectivity index is 1.98. The van der Waals surface area contributed by atoms with Crippen LogP contribution in [-0.4, -0.2) is 21.6 Å². The third kappa shape index (κ3) is 6.58. The Morgan fingerprint density at radius 3 is 1.33 bits per heavy atom. The van der Waals surface area contributed by atoms with E-state index in [9.17, 15) is 8.42 Å². The van der Waals surface area contributed by atoms with Crippen LogP contribution in [0.2, 0.25) is 0 Å². The molecule has 0 atom stereocenters. The first kappa shape index (κ1) is 21.3. The quantitative estimate of drug-likeness (QED) is 0.439. The first-order chi connectivity index (χ1) is 13.1. The van der Waals surface area contributed by atoms with Crippen molar-refractivity contribution in [2.45, 2.75) is 62.2 Å². The van der Waals surface area contributed by atoms with Gasteiger partial charge in [-0.05, 0) is 61.4 Å². The van der Waals surface area contributed by atoms with Crippen LogP contribution in [0.5, 0.6) is 11.5 Å². The highest BCUT2D eigenvalue weighted by Gasteiger charge is 2.17. The monoisotopic (exact) mass is 390 g/mol. The average Bonchev–Trinajstić information content (AvgIpc) is 2.69. The Morgan fingerprint density at radius 2 is 1.00 bits per heavy atom. The predicted octanol–water partition coefficient (Wildman–Crippen LogP) is 5.66. The van der Waals surface area contributed by atoms with E-state index in [4.69, 9.17) is 9.47 Å². The molecule has 2 aromatic rings. The van der Waals surface area contributed by atoms with Gasteiger partial charge in [-0.25, -0.2) is 8.42 Å². The van der Waals surface area contributed by atoms with E-state index in [-0.39, 0.29) is 9.79 Å². The van der Waals surface area contributed by atoms with Gasteiger partial charge in [-0.15, -0.1) is 0 Å². The Morgan fingerprint density at radius 1 is 0.630 bits per heavy atom. The lowest BCUT2D eigenvalue weighted by atomic mass is 10.3. The molecule has 0 saturated heterocycles. The lowest BCUT2D eigenvalue weighted by Gasteiger charge is -2.09. The van der Waals surface area contributed by atoms with Crippen LogP contribution in [0.4, 0.5) is 0 Å². The van der Waals surface area contributed by atoms with Gasteiger partial charge < -0.3 is 9.47 Å². The van der Waals surface area contributed by atoms with Crippen molar-refractivity contribution >= 4 is 9.84 Å². The maximum atomic E-state index is 12.8. The molecule has 0 N–H and O–H groups in total. The van der Waals surface area contributed by atoms with Gasteiger partial charge >= 0.3 is 0 Å². The van der Waals surface area contributed by atoms with Gasteiger partial charge in [-0.2, -0.15) is 0 Å². The number of sulfone groups is 1. The Hall–Kier alpha value is -2.01. The highest BCUT2D eigenvalue weighted by molar-refractivity contribution is 7.91. The Labute approximate surface area is 163 Å². The molecule has 0 aliphatic rings. The molecular weight excluding hydrogens is 360 g/mol. The molecule has 0 amide bonds. The van der Waals surface area contributed by atoms with Crippen molar-refractivity contribution in [1.29, 1.82) is 0 Å². The van der Waals surface area contributed by atoms with Crippen LogP contribution in [0.15, 0.2) is 58.3 Å². The van der Waals surface area contributed by atoms with Crippen molar-refractivity contribution in [2.24, 2.45) is 0 Å². The zero-order valence-corrected chi connectivity index (χ0v) is 17.1. The molecule has 27 heavy (non-hydrogen) atoms. The number of rotatable bonds is 12. The highest BCUT2D eigenvalue weighted by Crippen LogP contribution is 2.25. The van der Waals surface area contributed by atoms with Gasteiger partial charge in [0.2, 0.25) is 9.84 Å². The lowest BCUT2D eigenvalue weighted by molar-refractivity contribution is 0.306. The van der Waals surface area contributed by atoms with Gasteiger partial charge in [-0.3, -0.25) is 0 Å². The summed E-state index contributed by atoms with van der Waals surface area (Å²) in [5.74, 6) is 1.39. The zero-order valence-electron chi connectivity index (χ0n) is 16.3. The lowest BCUT2D eigenvalue weighted by Crippen LogP contribution is -2.03. The summed E-state index contributed by atoms with van der Waals surface area (Å²) in [5, 5.41) is 0. The van der Waals surface area contributed by atoms with E-state index < -0.39 is 9.84 Å². The first-order valence-electron chi connectivity index (χ1n) is 9.78.